The Bertz CT molecular complexity index is 283. The van der Waals surface area contributed by atoms with Gasteiger partial charge in [-0.1, -0.05) is 19.6 Å². The topological polar surface area (TPSA) is 44.8 Å². The Hall–Kier alpha value is -0.393. The van der Waals surface area contributed by atoms with Gasteiger partial charge < -0.3 is 14.2 Å². The van der Waals surface area contributed by atoms with Gasteiger partial charge in [0.05, 0.1) is 33.4 Å². The molecule has 17 heavy (non-hydrogen) atoms. The Labute approximate surface area is 105 Å². The van der Waals surface area contributed by atoms with Crippen LogP contribution >= 0.6 is 0 Å². The molecule has 0 radical (unpaired) electrons. The molecule has 100 valence electrons. The van der Waals surface area contributed by atoms with Gasteiger partial charge in [0.25, 0.3) is 0 Å². The number of hydrogen-bond acceptors (Lipinski definition) is 4. The van der Waals surface area contributed by atoms with E-state index < -0.39 is 13.9 Å². The van der Waals surface area contributed by atoms with Gasteiger partial charge >= 0.3 is 5.97 Å². The number of rotatable bonds is 4. The lowest BCUT2D eigenvalue weighted by Gasteiger charge is -2.28. The number of carbonyl (C=O) groups excluding carboxylic acids is 1. The normalized spacial score (nSPS) is 25.6. The van der Waals surface area contributed by atoms with Crippen molar-refractivity contribution in [2.75, 3.05) is 13.7 Å². The third-order valence-electron chi connectivity index (χ3n) is 3.10. The van der Waals surface area contributed by atoms with Crippen LogP contribution in [0.15, 0.2) is 0 Å². The average molecular weight is 260 g/mol. The van der Waals surface area contributed by atoms with E-state index >= 15 is 0 Å². The van der Waals surface area contributed by atoms with Crippen LogP contribution in [0.5, 0.6) is 0 Å². The second kappa shape index (κ2) is 5.08. The van der Waals surface area contributed by atoms with Crippen molar-refractivity contribution in [2.24, 2.45) is 0 Å². The fourth-order valence-corrected chi connectivity index (χ4v) is 3.88. The van der Waals surface area contributed by atoms with E-state index in [2.05, 4.69) is 19.6 Å². The van der Waals surface area contributed by atoms with Crippen molar-refractivity contribution in [3.8, 4) is 0 Å². The predicted molar refractivity (Wildman–Crippen MR) is 68.6 cm³/mol. The number of esters is 1. The minimum atomic E-state index is -1.59. The monoisotopic (exact) mass is 260 g/mol. The highest BCUT2D eigenvalue weighted by atomic mass is 28.3. The van der Waals surface area contributed by atoms with Crippen molar-refractivity contribution in [3.63, 3.8) is 0 Å². The number of methoxy groups -OCH3 is 1. The SMILES string of the molecule is COC(=O)[C@@H](C[C@@H]1COC(C)(C)O1)[Si](C)(C)C. The molecule has 0 N–H and O–H groups in total. The predicted octanol–water partition coefficient (Wildman–Crippen LogP) is 2.41. The van der Waals surface area contributed by atoms with Gasteiger partial charge in [-0.15, -0.1) is 0 Å². The molecule has 1 saturated heterocycles. The maximum atomic E-state index is 11.8. The highest BCUT2D eigenvalue weighted by Gasteiger charge is 2.40. The molecule has 0 saturated carbocycles. The summed E-state index contributed by atoms with van der Waals surface area (Å²) in [6, 6.07) is 0. The third kappa shape index (κ3) is 4.08. The zero-order valence-electron chi connectivity index (χ0n) is 11.7. The summed E-state index contributed by atoms with van der Waals surface area (Å²) in [6.45, 7) is 10.9. The van der Waals surface area contributed by atoms with Gasteiger partial charge in [0, 0.05) is 0 Å². The molecule has 1 aliphatic heterocycles. The summed E-state index contributed by atoms with van der Waals surface area (Å²) >= 11 is 0. The highest BCUT2D eigenvalue weighted by molar-refractivity contribution is 6.80. The molecule has 5 heteroatoms. The minimum absolute atomic E-state index is 0.000764. The third-order valence-corrected chi connectivity index (χ3v) is 5.66. The first kappa shape index (κ1) is 14.7. The van der Waals surface area contributed by atoms with E-state index in [9.17, 15) is 4.79 Å². The summed E-state index contributed by atoms with van der Waals surface area (Å²) < 4.78 is 16.2. The molecule has 4 nitrogen and oxygen atoms in total. The number of ether oxygens (including phenoxy) is 3. The Morgan fingerprint density at radius 2 is 2.06 bits per heavy atom. The van der Waals surface area contributed by atoms with E-state index in [1.807, 2.05) is 13.8 Å². The molecular weight excluding hydrogens is 236 g/mol. The van der Waals surface area contributed by atoms with E-state index in [4.69, 9.17) is 14.2 Å². The quantitative estimate of drug-likeness (QED) is 0.575. The van der Waals surface area contributed by atoms with Gasteiger partial charge in [0.1, 0.15) is 0 Å². The lowest BCUT2D eigenvalue weighted by Crippen LogP contribution is -2.37. The summed E-state index contributed by atoms with van der Waals surface area (Å²) in [5.41, 5.74) is -0.0324. The van der Waals surface area contributed by atoms with Gasteiger partial charge in [0.15, 0.2) is 5.79 Å². The van der Waals surface area contributed by atoms with E-state index in [0.717, 1.165) is 0 Å². The number of hydrogen-bond donors (Lipinski definition) is 0. The smallest absolute Gasteiger partial charge is 0.305 e. The Kier molecular flexibility index (Phi) is 4.38. The summed E-state index contributed by atoms with van der Waals surface area (Å²) in [5.74, 6) is -0.636. The molecule has 0 bridgehead atoms. The highest BCUT2D eigenvalue weighted by Crippen LogP contribution is 2.33. The molecule has 0 unspecified atom stereocenters. The maximum Gasteiger partial charge on any atom is 0.305 e. The van der Waals surface area contributed by atoms with Crippen LogP contribution in [0.4, 0.5) is 0 Å². The first-order valence-electron chi connectivity index (χ1n) is 6.05. The molecule has 0 aromatic heterocycles. The molecule has 1 rings (SSSR count). The van der Waals surface area contributed by atoms with E-state index in [1.165, 1.54) is 7.11 Å². The van der Waals surface area contributed by atoms with Crippen LogP contribution in [-0.4, -0.2) is 39.7 Å². The van der Waals surface area contributed by atoms with Crippen LogP contribution < -0.4 is 0 Å². The Balaban J connectivity index is 2.65. The average Bonchev–Trinajstić information content (AvgIpc) is 2.52. The lowest BCUT2D eigenvalue weighted by atomic mass is 10.2. The van der Waals surface area contributed by atoms with E-state index in [1.54, 1.807) is 0 Å². The van der Waals surface area contributed by atoms with Crippen molar-refractivity contribution in [1.29, 1.82) is 0 Å². The number of carbonyl (C=O) groups is 1. The lowest BCUT2D eigenvalue weighted by molar-refractivity contribution is -0.146. The summed E-state index contributed by atoms with van der Waals surface area (Å²) in [7, 11) is -0.145. The van der Waals surface area contributed by atoms with Gasteiger partial charge in [-0.3, -0.25) is 4.79 Å². The summed E-state index contributed by atoms with van der Waals surface area (Å²) in [5, 5.41) is 0. The van der Waals surface area contributed by atoms with E-state index in [0.29, 0.717) is 13.0 Å². The maximum absolute atomic E-state index is 11.8. The molecule has 2 atom stereocenters. The molecule has 1 heterocycles. The van der Waals surface area contributed by atoms with Crippen molar-refractivity contribution in [2.45, 2.75) is 57.3 Å². The molecule has 1 aliphatic rings. The van der Waals surface area contributed by atoms with Crippen molar-refractivity contribution in [3.05, 3.63) is 0 Å². The van der Waals surface area contributed by atoms with E-state index in [-0.39, 0.29) is 17.6 Å². The fourth-order valence-electron chi connectivity index (χ4n) is 2.09. The van der Waals surface area contributed by atoms with Crippen LogP contribution in [0.2, 0.25) is 25.2 Å². The molecule has 0 spiro atoms. The van der Waals surface area contributed by atoms with Crippen molar-refractivity contribution >= 4 is 14.0 Å². The van der Waals surface area contributed by atoms with Crippen molar-refractivity contribution < 1.29 is 19.0 Å². The first-order valence-corrected chi connectivity index (χ1v) is 9.63. The second-order valence-corrected chi connectivity index (χ2v) is 11.6. The zero-order chi connectivity index (χ0) is 13.3. The Morgan fingerprint density at radius 1 is 1.47 bits per heavy atom. The summed E-state index contributed by atoms with van der Waals surface area (Å²) in [4.78, 5) is 11.8. The molecule has 0 aromatic rings. The molecule has 0 aliphatic carbocycles. The van der Waals surface area contributed by atoms with Gasteiger partial charge in [-0.2, -0.15) is 0 Å². The second-order valence-electron chi connectivity index (χ2n) is 6.13. The van der Waals surface area contributed by atoms with Crippen LogP contribution in [0.1, 0.15) is 20.3 Å². The van der Waals surface area contributed by atoms with Gasteiger partial charge in [-0.25, -0.2) is 0 Å². The fraction of sp³-hybridized carbons (Fsp3) is 0.917. The first-order chi connectivity index (χ1) is 7.65. The molecular formula is C12H24O4Si. The van der Waals surface area contributed by atoms with Crippen LogP contribution in [0.3, 0.4) is 0 Å². The Morgan fingerprint density at radius 3 is 2.41 bits per heavy atom. The standard InChI is InChI=1S/C12H24O4Si/c1-12(2)15-8-9(16-12)7-10(11(13)14-3)17(4,5)6/h9-10H,7-8H2,1-6H3/t9-,10-/m1/s1. The molecule has 0 aromatic carbocycles. The largest absolute Gasteiger partial charge is 0.469 e. The van der Waals surface area contributed by atoms with Crippen LogP contribution in [0.25, 0.3) is 0 Å². The summed E-state index contributed by atoms with van der Waals surface area (Å²) in [6.07, 6.45) is 0.701. The van der Waals surface area contributed by atoms with Crippen molar-refractivity contribution in [1.82, 2.24) is 0 Å². The van der Waals surface area contributed by atoms with Crippen LogP contribution in [-0.2, 0) is 19.0 Å². The molecule has 0 amide bonds. The van der Waals surface area contributed by atoms with Crippen LogP contribution in [0, 0.1) is 0 Å². The van der Waals surface area contributed by atoms with Gasteiger partial charge in [0.2, 0.25) is 0 Å². The van der Waals surface area contributed by atoms with Gasteiger partial charge in [-0.05, 0) is 20.3 Å². The zero-order valence-corrected chi connectivity index (χ0v) is 12.7. The molecule has 1 fully saturated rings. The minimum Gasteiger partial charge on any atom is -0.469 e.